The molecule has 3 aromatic rings. The first-order valence-electron chi connectivity index (χ1n) is 9.69. The van der Waals surface area contributed by atoms with E-state index in [-0.39, 0.29) is 11.5 Å². The van der Waals surface area contributed by atoms with Crippen molar-refractivity contribution in [2.24, 2.45) is 0 Å². The second-order valence-corrected chi connectivity index (χ2v) is 8.44. The van der Waals surface area contributed by atoms with Crippen LogP contribution >= 0.6 is 0 Å². The Labute approximate surface area is 181 Å². The summed E-state index contributed by atoms with van der Waals surface area (Å²) in [6.07, 6.45) is 3.18. The molecule has 3 rings (SSSR count). The van der Waals surface area contributed by atoms with E-state index in [1.807, 2.05) is 6.07 Å². The molecule has 1 atom stereocenters. The Morgan fingerprint density at radius 3 is 2.32 bits per heavy atom. The number of hydrogen-bond donors (Lipinski definition) is 2. The largest absolute Gasteiger partial charge is 0.456 e. The zero-order valence-electron chi connectivity index (χ0n) is 16.7. The zero-order chi connectivity index (χ0) is 22.1. The average Bonchev–Trinajstić information content (AvgIpc) is 2.79. The van der Waals surface area contributed by atoms with Crippen LogP contribution < -0.4 is 4.72 Å². The molecule has 7 heteroatoms. The SMILES string of the molecule is O=C(O[C@H](CO)C/C=C/c1cccc(NS(=O)(=O)c2ccccc2)c1)c1ccccc1. The van der Waals surface area contributed by atoms with Crippen LogP contribution in [-0.2, 0) is 14.8 Å². The second-order valence-electron chi connectivity index (χ2n) is 6.76. The van der Waals surface area contributed by atoms with Gasteiger partial charge < -0.3 is 9.84 Å². The Bertz CT molecular complexity index is 1130. The number of benzene rings is 3. The van der Waals surface area contributed by atoms with E-state index in [2.05, 4.69) is 4.72 Å². The van der Waals surface area contributed by atoms with Gasteiger partial charge in [-0.25, -0.2) is 13.2 Å². The number of esters is 1. The van der Waals surface area contributed by atoms with Crippen LogP contribution in [0.1, 0.15) is 22.3 Å². The molecular formula is C24H23NO5S. The smallest absolute Gasteiger partial charge is 0.338 e. The number of carbonyl (C=O) groups is 1. The minimum absolute atomic E-state index is 0.182. The minimum atomic E-state index is -3.67. The normalized spacial score (nSPS) is 12.4. The predicted octanol–water partition coefficient (Wildman–Crippen LogP) is 4.11. The first-order chi connectivity index (χ1) is 15.0. The summed E-state index contributed by atoms with van der Waals surface area (Å²) in [6.45, 7) is -0.306. The Hall–Kier alpha value is -3.42. The summed E-state index contributed by atoms with van der Waals surface area (Å²) in [5.74, 6) is -0.495. The van der Waals surface area contributed by atoms with E-state index in [1.54, 1.807) is 78.9 Å². The van der Waals surface area contributed by atoms with E-state index in [1.165, 1.54) is 12.1 Å². The molecule has 0 radical (unpaired) electrons. The number of ether oxygens (including phenoxy) is 1. The van der Waals surface area contributed by atoms with Crippen LogP contribution in [0.2, 0.25) is 0 Å². The topological polar surface area (TPSA) is 92.7 Å². The molecule has 0 saturated carbocycles. The standard InChI is InChI=1S/C24H23NO5S/c26-18-22(30-24(27)20-11-3-1-4-12-20)14-8-10-19-9-7-13-21(17-19)25-31(28,29)23-15-5-2-6-16-23/h1-13,15-17,22,25-26H,14,18H2/b10-8+/t22-/m0/s1. The lowest BCUT2D eigenvalue weighted by atomic mass is 10.1. The number of hydrogen-bond acceptors (Lipinski definition) is 5. The van der Waals surface area contributed by atoms with Crippen LogP contribution in [0, 0.1) is 0 Å². The van der Waals surface area contributed by atoms with Gasteiger partial charge in [0.25, 0.3) is 10.0 Å². The molecule has 0 unspecified atom stereocenters. The fourth-order valence-corrected chi connectivity index (χ4v) is 3.90. The third-order valence-electron chi connectivity index (χ3n) is 4.39. The van der Waals surface area contributed by atoms with Crippen molar-refractivity contribution in [3.63, 3.8) is 0 Å². The Kier molecular flexibility index (Phi) is 7.59. The third-order valence-corrected chi connectivity index (χ3v) is 5.79. The maximum atomic E-state index is 12.5. The first-order valence-corrected chi connectivity index (χ1v) is 11.2. The number of aliphatic hydroxyl groups is 1. The fourth-order valence-electron chi connectivity index (χ4n) is 2.83. The maximum absolute atomic E-state index is 12.5. The van der Waals surface area contributed by atoms with Crippen molar-refractivity contribution in [3.8, 4) is 0 Å². The van der Waals surface area contributed by atoms with Gasteiger partial charge >= 0.3 is 5.97 Å². The number of carbonyl (C=O) groups excluding carboxylic acids is 1. The number of aliphatic hydroxyl groups excluding tert-OH is 1. The molecule has 6 nitrogen and oxygen atoms in total. The quantitative estimate of drug-likeness (QED) is 0.492. The molecule has 0 fully saturated rings. The maximum Gasteiger partial charge on any atom is 0.338 e. The van der Waals surface area contributed by atoms with Gasteiger partial charge in [0.15, 0.2) is 0 Å². The highest BCUT2D eigenvalue weighted by atomic mass is 32.2. The number of nitrogens with one attached hydrogen (secondary N) is 1. The summed E-state index contributed by atoms with van der Waals surface area (Å²) in [5, 5.41) is 9.51. The Morgan fingerprint density at radius 2 is 1.65 bits per heavy atom. The van der Waals surface area contributed by atoms with E-state index >= 15 is 0 Å². The van der Waals surface area contributed by atoms with Gasteiger partial charge in [-0.2, -0.15) is 0 Å². The van der Waals surface area contributed by atoms with Gasteiger partial charge in [0.2, 0.25) is 0 Å². The van der Waals surface area contributed by atoms with Gasteiger partial charge in [0.05, 0.1) is 17.1 Å². The molecule has 3 aromatic carbocycles. The van der Waals surface area contributed by atoms with E-state index in [0.717, 1.165) is 5.56 Å². The van der Waals surface area contributed by atoms with Crippen LogP contribution in [0.25, 0.3) is 6.08 Å². The van der Waals surface area contributed by atoms with Gasteiger partial charge in [-0.05, 0) is 42.0 Å². The number of anilines is 1. The number of rotatable bonds is 9. The van der Waals surface area contributed by atoms with Gasteiger partial charge in [0.1, 0.15) is 6.10 Å². The molecule has 0 aliphatic rings. The highest BCUT2D eigenvalue weighted by Gasteiger charge is 2.14. The molecule has 160 valence electrons. The molecule has 0 aliphatic heterocycles. The van der Waals surface area contributed by atoms with Crippen LogP contribution in [0.15, 0.2) is 95.9 Å². The van der Waals surface area contributed by atoms with Crippen LogP contribution in [0.4, 0.5) is 5.69 Å². The summed E-state index contributed by atoms with van der Waals surface area (Å²) in [6, 6.07) is 23.6. The van der Waals surface area contributed by atoms with E-state index in [0.29, 0.717) is 17.7 Å². The summed E-state index contributed by atoms with van der Waals surface area (Å²) in [5.41, 5.74) is 1.61. The van der Waals surface area contributed by atoms with Crippen molar-refractivity contribution in [1.29, 1.82) is 0 Å². The molecular weight excluding hydrogens is 414 g/mol. The van der Waals surface area contributed by atoms with Crippen molar-refractivity contribution >= 4 is 27.8 Å². The van der Waals surface area contributed by atoms with Crippen LogP contribution in [0.3, 0.4) is 0 Å². The highest BCUT2D eigenvalue weighted by molar-refractivity contribution is 7.92. The lowest BCUT2D eigenvalue weighted by Crippen LogP contribution is -2.21. The minimum Gasteiger partial charge on any atom is -0.456 e. The van der Waals surface area contributed by atoms with E-state index in [9.17, 15) is 18.3 Å². The molecule has 0 spiro atoms. The average molecular weight is 438 g/mol. The second kappa shape index (κ2) is 10.6. The summed E-state index contributed by atoms with van der Waals surface area (Å²) < 4.78 is 32.8. The lowest BCUT2D eigenvalue weighted by Gasteiger charge is -2.13. The Morgan fingerprint density at radius 1 is 0.968 bits per heavy atom. The van der Waals surface area contributed by atoms with Crippen LogP contribution in [-0.4, -0.2) is 32.2 Å². The molecule has 0 bridgehead atoms. The molecule has 0 aromatic heterocycles. The van der Waals surface area contributed by atoms with Crippen LogP contribution in [0.5, 0.6) is 0 Å². The molecule has 0 amide bonds. The zero-order valence-corrected chi connectivity index (χ0v) is 17.5. The first kappa shape index (κ1) is 22.3. The van der Waals surface area contributed by atoms with Crippen molar-refractivity contribution in [1.82, 2.24) is 0 Å². The molecule has 31 heavy (non-hydrogen) atoms. The summed E-state index contributed by atoms with van der Waals surface area (Å²) in [7, 11) is -3.67. The lowest BCUT2D eigenvalue weighted by molar-refractivity contribution is 0.0151. The van der Waals surface area contributed by atoms with Crippen molar-refractivity contribution in [2.45, 2.75) is 17.4 Å². The van der Waals surface area contributed by atoms with E-state index < -0.39 is 22.1 Å². The van der Waals surface area contributed by atoms with Gasteiger partial charge in [0, 0.05) is 12.1 Å². The van der Waals surface area contributed by atoms with Gasteiger partial charge in [-0.3, -0.25) is 4.72 Å². The fraction of sp³-hybridized carbons (Fsp3) is 0.125. The summed E-state index contributed by atoms with van der Waals surface area (Å²) >= 11 is 0. The molecule has 0 saturated heterocycles. The number of sulfonamides is 1. The molecule has 0 heterocycles. The predicted molar refractivity (Wildman–Crippen MR) is 120 cm³/mol. The molecule has 2 N–H and O–H groups in total. The van der Waals surface area contributed by atoms with Crippen molar-refractivity contribution < 1.29 is 23.1 Å². The summed E-state index contributed by atoms with van der Waals surface area (Å²) in [4.78, 5) is 12.3. The molecule has 0 aliphatic carbocycles. The Balaban J connectivity index is 1.61. The van der Waals surface area contributed by atoms with Gasteiger partial charge in [-0.15, -0.1) is 0 Å². The van der Waals surface area contributed by atoms with Crippen molar-refractivity contribution in [3.05, 3.63) is 102 Å². The highest BCUT2D eigenvalue weighted by Crippen LogP contribution is 2.18. The van der Waals surface area contributed by atoms with Gasteiger partial charge in [-0.1, -0.05) is 60.7 Å². The van der Waals surface area contributed by atoms with Crippen molar-refractivity contribution in [2.75, 3.05) is 11.3 Å². The van der Waals surface area contributed by atoms with E-state index in [4.69, 9.17) is 4.74 Å². The monoisotopic (exact) mass is 437 g/mol. The third kappa shape index (κ3) is 6.53.